The van der Waals surface area contributed by atoms with Crippen molar-refractivity contribution in [2.45, 2.75) is 11.5 Å². The molecular weight excluding hydrogens is 454 g/mol. The maximum Gasteiger partial charge on any atom is 0.340 e. The molecule has 4 rings (SSSR count). The number of sulfonamides is 1. The number of rotatable bonds is 6. The minimum absolute atomic E-state index is 0.0416. The van der Waals surface area contributed by atoms with Gasteiger partial charge in [-0.05, 0) is 29.6 Å². The standard InChI is InChI=1S/C18H16ClN3O6S2/c19-15-2-1-13(30(24,25)22-4-6-26-7-5-22)9-14(15)18(23)27-10-16-20-17(28-21-16)12-3-8-29-11-12/h1-3,8-9,11H,4-7,10H2. The zero-order valence-corrected chi connectivity index (χ0v) is 17.9. The number of hydrogen-bond acceptors (Lipinski definition) is 9. The van der Waals surface area contributed by atoms with Gasteiger partial charge in [-0.15, -0.1) is 0 Å². The smallest absolute Gasteiger partial charge is 0.340 e. The second-order valence-electron chi connectivity index (χ2n) is 6.26. The SMILES string of the molecule is O=C(OCc1noc(-c2ccsc2)n1)c1cc(S(=O)(=O)N2CCOCC2)ccc1Cl. The Morgan fingerprint density at radius 3 is 2.80 bits per heavy atom. The Bertz CT molecular complexity index is 1140. The fraction of sp³-hybridized carbons (Fsp3) is 0.278. The van der Waals surface area contributed by atoms with Crippen LogP contribution in [0.3, 0.4) is 0 Å². The molecule has 30 heavy (non-hydrogen) atoms. The van der Waals surface area contributed by atoms with E-state index in [1.165, 1.54) is 33.8 Å². The fourth-order valence-corrected chi connectivity index (χ4v) is 5.04. The van der Waals surface area contributed by atoms with Gasteiger partial charge in [0.25, 0.3) is 5.89 Å². The molecule has 1 aliphatic heterocycles. The summed E-state index contributed by atoms with van der Waals surface area (Å²) in [6.45, 7) is 0.882. The van der Waals surface area contributed by atoms with Crippen molar-refractivity contribution in [1.82, 2.24) is 14.4 Å². The van der Waals surface area contributed by atoms with Gasteiger partial charge in [0.15, 0.2) is 6.61 Å². The first-order valence-electron chi connectivity index (χ1n) is 8.85. The minimum atomic E-state index is -3.78. The van der Waals surface area contributed by atoms with Gasteiger partial charge in [0.05, 0.1) is 34.3 Å². The normalized spacial score (nSPS) is 15.2. The lowest BCUT2D eigenvalue weighted by molar-refractivity contribution is 0.0459. The maximum atomic E-state index is 12.8. The number of thiophene rings is 1. The highest BCUT2D eigenvalue weighted by molar-refractivity contribution is 7.89. The monoisotopic (exact) mass is 469 g/mol. The first-order valence-corrected chi connectivity index (χ1v) is 11.6. The van der Waals surface area contributed by atoms with Crippen LogP contribution < -0.4 is 0 Å². The number of ether oxygens (including phenoxy) is 2. The van der Waals surface area contributed by atoms with Crippen molar-refractivity contribution in [2.75, 3.05) is 26.3 Å². The lowest BCUT2D eigenvalue weighted by Gasteiger charge is -2.26. The lowest BCUT2D eigenvalue weighted by Crippen LogP contribution is -2.40. The molecule has 3 heterocycles. The van der Waals surface area contributed by atoms with Crippen molar-refractivity contribution < 1.29 is 27.2 Å². The third kappa shape index (κ3) is 4.40. The van der Waals surface area contributed by atoms with E-state index >= 15 is 0 Å². The van der Waals surface area contributed by atoms with Crippen LogP contribution in [0.4, 0.5) is 0 Å². The number of benzene rings is 1. The van der Waals surface area contributed by atoms with Crippen LogP contribution in [0.25, 0.3) is 11.5 Å². The molecule has 1 aliphatic rings. The highest BCUT2D eigenvalue weighted by Gasteiger charge is 2.28. The largest absolute Gasteiger partial charge is 0.454 e. The van der Waals surface area contributed by atoms with Crippen molar-refractivity contribution in [3.8, 4) is 11.5 Å². The molecule has 0 atom stereocenters. The maximum absolute atomic E-state index is 12.8. The van der Waals surface area contributed by atoms with E-state index in [2.05, 4.69) is 10.1 Å². The van der Waals surface area contributed by atoms with E-state index in [0.717, 1.165) is 5.56 Å². The van der Waals surface area contributed by atoms with E-state index < -0.39 is 16.0 Å². The van der Waals surface area contributed by atoms with Crippen LogP contribution in [0.1, 0.15) is 16.2 Å². The summed E-state index contributed by atoms with van der Waals surface area (Å²) in [5, 5.41) is 7.57. The lowest BCUT2D eigenvalue weighted by atomic mass is 10.2. The van der Waals surface area contributed by atoms with E-state index in [4.69, 9.17) is 25.6 Å². The molecule has 12 heteroatoms. The van der Waals surface area contributed by atoms with Crippen molar-refractivity contribution in [3.63, 3.8) is 0 Å². The topological polar surface area (TPSA) is 112 Å². The third-order valence-corrected chi connectivity index (χ3v) is 7.24. The molecule has 0 aliphatic carbocycles. The van der Waals surface area contributed by atoms with Crippen LogP contribution in [-0.4, -0.2) is 55.1 Å². The zero-order chi connectivity index (χ0) is 21.1. The van der Waals surface area contributed by atoms with E-state index in [0.29, 0.717) is 19.1 Å². The van der Waals surface area contributed by atoms with Crippen molar-refractivity contribution >= 4 is 38.9 Å². The summed E-state index contributed by atoms with van der Waals surface area (Å²) in [5.41, 5.74) is 0.710. The van der Waals surface area contributed by atoms with E-state index in [9.17, 15) is 13.2 Å². The average Bonchev–Trinajstić information content (AvgIpc) is 3.45. The van der Waals surface area contributed by atoms with Crippen LogP contribution in [-0.2, 0) is 26.1 Å². The minimum Gasteiger partial charge on any atom is -0.454 e. The molecule has 3 aromatic rings. The number of halogens is 1. The van der Waals surface area contributed by atoms with Gasteiger partial charge in [-0.2, -0.15) is 20.6 Å². The summed E-state index contributed by atoms with van der Waals surface area (Å²) in [6.07, 6.45) is 0. The molecule has 0 N–H and O–H groups in total. The van der Waals surface area contributed by atoms with Crippen LogP contribution in [0, 0.1) is 0 Å². The van der Waals surface area contributed by atoms with Gasteiger partial charge in [-0.3, -0.25) is 0 Å². The molecule has 0 radical (unpaired) electrons. The predicted molar refractivity (Wildman–Crippen MR) is 108 cm³/mol. The molecular formula is C18H16ClN3O6S2. The van der Waals surface area contributed by atoms with Crippen molar-refractivity contribution in [3.05, 3.63) is 51.4 Å². The van der Waals surface area contributed by atoms with Gasteiger partial charge in [0, 0.05) is 18.5 Å². The first-order chi connectivity index (χ1) is 14.4. The van der Waals surface area contributed by atoms with Crippen LogP contribution in [0.2, 0.25) is 5.02 Å². The van der Waals surface area contributed by atoms with E-state index in [-0.39, 0.29) is 41.0 Å². The van der Waals surface area contributed by atoms with Crippen molar-refractivity contribution in [1.29, 1.82) is 0 Å². The molecule has 0 bridgehead atoms. The highest BCUT2D eigenvalue weighted by atomic mass is 35.5. The Morgan fingerprint density at radius 2 is 2.07 bits per heavy atom. The number of aromatic nitrogens is 2. The molecule has 2 aromatic heterocycles. The quantitative estimate of drug-likeness (QED) is 0.506. The zero-order valence-electron chi connectivity index (χ0n) is 15.5. The number of hydrogen-bond donors (Lipinski definition) is 0. The molecule has 1 aromatic carbocycles. The number of carbonyl (C=O) groups excluding carboxylic acids is 1. The first kappa shape index (κ1) is 20.9. The van der Waals surface area contributed by atoms with Crippen LogP contribution >= 0.6 is 22.9 Å². The highest BCUT2D eigenvalue weighted by Crippen LogP contribution is 2.25. The Hall–Kier alpha value is -2.31. The van der Waals surface area contributed by atoms with Crippen molar-refractivity contribution in [2.24, 2.45) is 0 Å². The van der Waals surface area contributed by atoms with Gasteiger partial charge in [0.2, 0.25) is 15.8 Å². The number of morpholine rings is 1. The van der Waals surface area contributed by atoms with Gasteiger partial charge in [0.1, 0.15) is 0 Å². The fourth-order valence-electron chi connectivity index (χ4n) is 2.78. The van der Waals surface area contributed by atoms with Gasteiger partial charge < -0.3 is 14.0 Å². The molecule has 158 valence electrons. The van der Waals surface area contributed by atoms with E-state index in [1.807, 2.05) is 16.8 Å². The number of esters is 1. The Morgan fingerprint density at radius 1 is 1.27 bits per heavy atom. The van der Waals surface area contributed by atoms with Gasteiger partial charge in [-0.1, -0.05) is 16.8 Å². The van der Waals surface area contributed by atoms with E-state index in [1.54, 1.807) is 0 Å². The third-order valence-electron chi connectivity index (χ3n) is 4.33. The number of nitrogens with zero attached hydrogens (tertiary/aromatic N) is 3. The molecule has 0 amide bonds. The van der Waals surface area contributed by atoms with Crippen LogP contribution in [0.5, 0.6) is 0 Å². The Kier molecular flexibility index (Phi) is 6.16. The second kappa shape index (κ2) is 8.82. The summed E-state index contributed by atoms with van der Waals surface area (Å²) < 4.78 is 42.5. The summed E-state index contributed by atoms with van der Waals surface area (Å²) >= 11 is 7.59. The Labute approximate surface area is 181 Å². The molecule has 0 saturated carbocycles. The molecule has 1 saturated heterocycles. The summed E-state index contributed by atoms with van der Waals surface area (Å²) in [6, 6.07) is 5.75. The average molecular weight is 470 g/mol. The molecule has 1 fully saturated rings. The molecule has 0 unspecified atom stereocenters. The number of carbonyl (C=O) groups is 1. The second-order valence-corrected chi connectivity index (χ2v) is 9.39. The molecule has 9 nitrogen and oxygen atoms in total. The van der Waals surface area contributed by atoms with Gasteiger partial charge >= 0.3 is 5.97 Å². The Balaban J connectivity index is 1.48. The predicted octanol–water partition coefficient (Wildman–Crippen LogP) is 2.83. The molecule has 0 spiro atoms. The van der Waals surface area contributed by atoms with Gasteiger partial charge in [-0.25, -0.2) is 13.2 Å². The summed E-state index contributed by atoms with van der Waals surface area (Å²) in [7, 11) is -3.78. The summed E-state index contributed by atoms with van der Waals surface area (Å²) in [4.78, 5) is 16.6. The summed E-state index contributed by atoms with van der Waals surface area (Å²) in [5.74, 6) is -0.294. The van der Waals surface area contributed by atoms with Crippen LogP contribution in [0.15, 0.2) is 44.4 Å².